The molecule has 1 saturated carbocycles. The number of hydrogen-bond donors (Lipinski definition) is 0. The van der Waals surface area contributed by atoms with Gasteiger partial charge < -0.3 is 0 Å². The second kappa shape index (κ2) is 2.48. The lowest BCUT2D eigenvalue weighted by atomic mass is 9.60. The molecule has 0 heteroatoms. The highest BCUT2D eigenvalue weighted by Gasteiger charge is 2.39. The van der Waals surface area contributed by atoms with Crippen molar-refractivity contribution in [3.8, 4) is 0 Å². The van der Waals surface area contributed by atoms with Crippen LogP contribution in [0, 0.1) is 23.7 Å². The van der Waals surface area contributed by atoms with Crippen LogP contribution in [-0.2, 0) is 0 Å². The van der Waals surface area contributed by atoms with Crippen LogP contribution in [0.3, 0.4) is 0 Å². The first-order valence-corrected chi connectivity index (χ1v) is 5.30. The van der Waals surface area contributed by atoms with Crippen LogP contribution in [0.15, 0.2) is 24.3 Å². The fourth-order valence-corrected chi connectivity index (χ4v) is 3.38. The Balaban J connectivity index is 1.98. The van der Waals surface area contributed by atoms with E-state index in [9.17, 15) is 0 Å². The molecule has 64 valence electrons. The monoisotopic (exact) mass is 160 g/mol. The molecule has 0 N–H and O–H groups in total. The number of hydrogen-bond acceptors (Lipinski definition) is 0. The molecule has 0 aromatic heterocycles. The fraction of sp³-hybridized carbons (Fsp3) is 0.667. The quantitative estimate of drug-likeness (QED) is 0.477. The third kappa shape index (κ3) is 0.840. The fourth-order valence-electron chi connectivity index (χ4n) is 3.38. The van der Waals surface area contributed by atoms with E-state index in [1.165, 1.54) is 25.7 Å². The summed E-state index contributed by atoms with van der Waals surface area (Å²) in [6, 6.07) is 0. The summed E-state index contributed by atoms with van der Waals surface area (Å²) in [6.07, 6.45) is 15.6. The molecule has 4 aliphatic carbocycles. The van der Waals surface area contributed by atoms with Gasteiger partial charge >= 0.3 is 0 Å². The van der Waals surface area contributed by atoms with Gasteiger partial charge in [-0.05, 0) is 49.4 Å². The lowest BCUT2D eigenvalue weighted by Gasteiger charge is -2.45. The largest absolute Gasteiger partial charge is 0.0882 e. The molecule has 4 atom stereocenters. The minimum Gasteiger partial charge on any atom is -0.0882 e. The van der Waals surface area contributed by atoms with Crippen LogP contribution in [0.25, 0.3) is 0 Å². The van der Waals surface area contributed by atoms with E-state index in [2.05, 4.69) is 24.3 Å². The van der Waals surface area contributed by atoms with Crippen molar-refractivity contribution in [2.24, 2.45) is 23.7 Å². The third-order valence-corrected chi connectivity index (χ3v) is 4.00. The van der Waals surface area contributed by atoms with Crippen LogP contribution in [0.4, 0.5) is 0 Å². The van der Waals surface area contributed by atoms with Crippen LogP contribution in [0.5, 0.6) is 0 Å². The Labute approximate surface area is 74.4 Å². The Kier molecular flexibility index (Phi) is 1.44. The second-order valence-electron chi connectivity index (χ2n) is 4.54. The third-order valence-electron chi connectivity index (χ3n) is 4.00. The second-order valence-corrected chi connectivity index (χ2v) is 4.54. The molecular weight excluding hydrogens is 144 g/mol. The highest BCUT2D eigenvalue weighted by atomic mass is 14.4. The predicted octanol–water partition coefficient (Wildman–Crippen LogP) is 3.16. The number of rotatable bonds is 0. The van der Waals surface area contributed by atoms with Crippen molar-refractivity contribution in [1.29, 1.82) is 0 Å². The molecule has 2 bridgehead atoms. The molecule has 12 heavy (non-hydrogen) atoms. The maximum absolute atomic E-state index is 2.49. The molecule has 4 rings (SSSR count). The molecule has 0 amide bonds. The zero-order chi connectivity index (χ0) is 7.97. The van der Waals surface area contributed by atoms with Crippen molar-refractivity contribution in [3.05, 3.63) is 24.3 Å². The van der Waals surface area contributed by atoms with Gasteiger partial charge in [0, 0.05) is 0 Å². The summed E-state index contributed by atoms with van der Waals surface area (Å²) in [5, 5.41) is 0. The van der Waals surface area contributed by atoms with Crippen LogP contribution >= 0.6 is 0 Å². The van der Waals surface area contributed by atoms with Crippen molar-refractivity contribution in [1.82, 2.24) is 0 Å². The van der Waals surface area contributed by atoms with Crippen LogP contribution < -0.4 is 0 Å². The first-order chi connectivity index (χ1) is 5.95. The topological polar surface area (TPSA) is 0 Å². The van der Waals surface area contributed by atoms with E-state index in [-0.39, 0.29) is 0 Å². The number of allylic oxidation sites excluding steroid dienone is 4. The SMILES string of the molecule is C1=C[C@H]2[C@@H](CC1)[C@H]1C=C[C@H]2CC1. The summed E-state index contributed by atoms with van der Waals surface area (Å²) >= 11 is 0. The van der Waals surface area contributed by atoms with Gasteiger partial charge in [-0.1, -0.05) is 24.3 Å². The van der Waals surface area contributed by atoms with E-state index in [0.29, 0.717) is 0 Å². The van der Waals surface area contributed by atoms with Crippen LogP contribution in [-0.4, -0.2) is 0 Å². The molecular formula is C12H16. The number of fused-ring (bicyclic) bond motifs is 1. The average molecular weight is 160 g/mol. The van der Waals surface area contributed by atoms with Gasteiger partial charge in [-0.2, -0.15) is 0 Å². The maximum atomic E-state index is 2.49. The smallest absolute Gasteiger partial charge is 0.0136 e. The Morgan fingerprint density at radius 1 is 0.833 bits per heavy atom. The van der Waals surface area contributed by atoms with Gasteiger partial charge in [0.1, 0.15) is 0 Å². The van der Waals surface area contributed by atoms with Gasteiger partial charge in [-0.3, -0.25) is 0 Å². The van der Waals surface area contributed by atoms with Crippen molar-refractivity contribution in [2.75, 3.05) is 0 Å². The summed E-state index contributed by atoms with van der Waals surface area (Å²) in [6.45, 7) is 0. The molecule has 0 heterocycles. The van der Waals surface area contributed by atoms with Gasteiger partial charge in [0.2, 0.25) is 0 Å². The molecule has 0 radical (unpaired) electrons. The summed E-state index contributed by atoms with van der Waals surface area (Å²) in [7, 11) is 0. The average Bonchev–Trinajstić information content (AvgIpc) is 2.20. The molecule has 0 unspecified atom stereocenters. The zero-order valence-corrected chi connectivity index (χ0v) is 7.45. The highest BCUT2D eigenvalue weighted by Crippen LogP contribution is 2.48. The van der Waals surface area contributed by atoms with Crippen LogP contribution in [0.1, 0.15) is 25.7 Å². The molecule has 0 nitrogen and oxygen atoms in total. The summed E-state index contributed by atoms with van der Waals surface area (Å²) in [4.78, 5) is 0. The predicted molar refractivity (Wildman–Crippen MR) is 50.7 cm³/mol. The normalized spacial score (nSPS) is 49.3. The molecule has 4 aliphatic rings. The zero-order valence-electron chi connectivity index (χ0n) is 7.45. The van der Waals surface area contributed by atoms with Gasteiger partial charge in [0.05, 0.1) is 0 Å². The van der Waals surface area contributed by atoms with Crippen molar-refractivity contribution >= 4 is 0 Å². The van der Waals surface area contributed by atoms with Crippen molar-refractivity contribution < 1.29 is 0 Å². The standard InChI is InChI=1S/C12H16/c1-2-4-12-10-7-5-9(6-8-10)11(12)3-1/h1,3,5,7,9-12H,2,4,6,8H2/t9-,10-,11+,12-/m0/s1. The Bertz CT molecular complexity index is 236. The Morgan fingerprint density at radius 2 is 1.67 bits per heavy atom. The molecule has 0 aliphatic heterocycles. The Hall–Kier alpha value is -0.520. The van der Waals surface area contributed by atoms with Gasteiger partial charge in [-0.25, -0.2) is 0 Å². The van der Waals surface area contributed by atoms with Gasteiger partial charge in [-0.15, -0.1) is 0 Å². The van der Waals surface area contributed by atoms with E-state index >= 15 is 0 Å². The molecule has 0 saturated heterocycles. The minimum absolute atomic E-state index is 0.900. The van der Waals surface area contributed by atoms with E-state index in [1.807, 2.05) is 0 Å². The summed E-state index contributed by atoms with van der Waals surface area (Å²) in [5.74, 6) is 3.77. The highest BCUT2D eigenvalue weighted by molar-refractivity contribution is 5.16. The van der Waals surface area contributed by atoms with Gasteiger partial charge in [0.15, 0.2) is 0 Å². The van der Waals surface area contributed by atoms with Crippen molar-refractivity contribution in [2.45, 2.75) is 25.7 Å². The maximum Gasteiger partial charge on any atom is -0.0136 e. The van der Waals surface area contributed by atoms with E-state index in [0.717, 1.165) is 23.7 Å². The summed E-state index contributed by atoms with van der Waals surface area (Å²) < 4.78 is 0. The summed E-state index contributed by atoms with van der Waals surface area (Å²) in [5.41, 5.74) is 0. The van der Waals surface area contributed by atoms with Gasteiger partial charge in [0.25, 0.3) is 0 Å². The molecule has 0 spiro atoms. The first kappa shape index (κ1) is 6.94. The van der Waals surface area contributed by atoms with E-state index in [1.54, 1.807) is 0 Å². The van der Waals surface area contributed by atoms with E-state index in [4.69, 9.17) is 0 Å². The van der Waals surface area contributed by atoms with Crippen molar-refractivity contribution in [3.63, 3.8) is 0 Å². The minimum atomic E-state index is 0.900. The lowest BCUT2D eigenvalue weighted by molar-refractivity contribution is 0.143. The first-order valence-electron chi connectivity index (χ1n) is 5.30. The molecule has 0 aromatic rings. The molecule has 0 aromatic carbocycles. The van der Waals surface area contributed by atoms with E-state index < -0.39 is 0 Å². The molecule has 1 fully saturated rings. The van der Waals surface area contributed by atoms with Crippen LogP contribution in [0.2, 0.25) is 0 Å². The lowest BCUT2D eigenvalue weighted by Crippen LogP contribution is -2.36. The Morgan fingerprint density at radius 3 is 2.42 bits per heavy atom.